The summed E-state index contributed by atoms with van der Waals surface area (Å²) < 4.78 is 38.1. The number of hydrogen-bond donors (Lipinski definition) is 4. The van der Waals surface area contributed by atoms with E-state index in [-0.39, 0.29) is 74.9 Å². The van der Waals surface area contributed by atoms with Crippen molar-refractivity contribution >= 4 is 35.6 Å². The normalized spacial score (nSPS) is 21.6. The monoisotopic (exact) mass is 1550 g/mol. The molecule has 3 heterocycles. The molecule has 19 nitrogen and oxygen atoms in total. The Hall–Kier alpha value is -11.0. The molecular weight excluding hydrogens is 1450 g/mol. The molecule has 4 N–H and O–H groups in total. The van der Waals surface area contributed by atoms with E-state index in [2.05, 4.69) is 6.92 Å². The van der Waals surface area contributed by atoms with Crippen LogP contribution in [0.2, 0.25) is 0 Å². The van der Waals surface area contributed by atoms with Gasteiger partial charge >= 0.3 is 17.9 Å². The van der Waals surface area contributed by atoms with Crippen molar-refractivity contribution in [1.29, 1.82) is 0 Å². The van der Waals surface area contributed by atoms with E-state index in [0.717, 1.165) is 122 Å². The van der Waals surface area contributed by atoms with Crippen LogP contribution in [0.4, 0.5) is 0 Å². The van der Waals surface area contributed by atoms with E-state index in [0.29, 0.717) is 74.2 Å². The second kappa shape index (κ2) is 36.7. The maximum atomic E-state index is 14.1. The zero-order valence-electron chi connectivity index (χ0n) is 65.8. The number of amides is 3. The van der Waals surface area contributed by atoms with Crippen molar-refractivity contribution in [2.24, 2.45) is 11.8 Å². The Bertz CT molecular complexity index is 4860. The van der Waals surface area contributed by atoms with Crippen molar-refractivity contribution < 1.29 is 77.6 Å². The van der Waals surface area contributed by atoms with Crippen LogP contribution in [0.5, 0.6) is 17.2 Å². The van der Waals surface area contributed by atoms with Crippen molar-refractivity contribution in [3.8, 4) is 17.2 Å². The minimum absolute atomic E-state index is 0.0511. The van der Waals surface area contributed by atoms with E-state index >= 15 is 0 Å². The van der Waals surface area contributed by atoms with Crippen LogP contribution >= 0.6 is 0 Å². The lowest BCUT2D eigenvalue weighted by molar-refractivity contribution is -0.166. The molecule has 0 spiro atoms. The van der Waals surface area contributed by atoms with E-state index in [9.17, 15) is 49.2 Å². The molecule has 115 heavy (non-hydrogen) atoms. The van der Waals surface area contributed by atoms with Gasteiger partial charge in [-0.05, 0) is 164 Å². The van der Waals surface area contributed by atoms with Crippen molar-refractivity contribution in [3.63, 3.8) is 0 Å². The van der Waals surface area contributed by atoms with Gasteiger partial charge in [-0.2, -0.15) is 0 Å². The lowest BCUT2D eigenvalue weighted by atomic mass is 9.90. The van der Waals surface area contributed by atoms with Crippen molar-refractivity contribution in [2.75, 3.05) is 0 Å². The fourth-order valence-electron chi connectivity index (χ4n) is 17.5. The summed E-state index contributed by atoms with van der Waals surface area (Å²) in [5, 5.41) is 40.7. The second-order valence-electron chi connectivity index (χ2n) is 32.1. The van der Waals surface area contributed by atoms with Gasteiger partial charge in [0.05, 0.1) is 23.9 Å². The summed E-state index contributed by atoms with van der Waals surface area (Å²) in [5.74, 6) is -0.712. The number of nitrogens with zero attached hydrogens (tertiary/aromatic N) is 3. The molecule has 3 amide bonds. The molecule has 19 heteroatoms. The maximum Gasteiger partial charge on any atom is 0.326 e. The summed E-state index contributed by atoms with van der Waals surface area (Å²) in [6.45, 7) is 9.66. The molecule has 598 valence electrons. The Morgan fingerprint density at radius 2 is 0.739 bits per heavy atom. The average molecular weight is 1550 g/mol. The highest BCUT2D eigenvalue weighted by Crippen LogP contribution is 2.54. The Morgan fingerprint density at radius 3 is 1.07 bits per heavy atom. The van der Waals surface area contributed by atoms with Crippen molar-refractivity contribution in [1.82, 2.24) is 14.7 Å². The third kappa shape index (κ3) is 19.2. The molecule has 3 aliphatic heterocycles. The molecular formula is C96H103N3O16. The van der Waals surface area contributed by atoms with Gasteiger partial charge in [-0.3, -0.25) is 14.4 Å². The van der Waals surface area contributed by atoms with Crippen molar-refractivity contribution in [2.45, 2.75) is 217 Å². The fraction of sp³-hybridized carbons (Fsp3) is 0.375. The second-order valence-corrected chi connectivity index (χ2v) is 32.1. The highest BCUT2D eigenvalue weighted by Gasteiger charge is 2.51. The van der Waals surface area contributed by atoms with Crippen LogP contribution in [0.1, 0.15) is 179 Å². The van der Waals surface area contributed by atoms with Gasteiger partial charge in [0.15, 0.2) is 18.3 Å². The number of aliphatic hydroxyl groups is 1. The van der Waals surface area contributed by atoms with Gasteiger partial charge in [0.25, 0.3) is 17.7 Å². The molecule has 4 saturated carbocycles. The molecule has 0 aromatic heterocycles. The number of aliphatic hydroxyl groups excluding tert-OH is 1. The minimum Gasteiger partial charge on any atom is -0.488 e. The topological polar surface area (TPSA) is 248 Å². The predicted molar refractivity (Wildman–Crippen MR) is 433 cm³/mol. The Kier molecular flexibility index (Phi) is 25.7. The number of carboxylic acids is 3. The Balaban J connectivity index is 0.000000142. The van der Waals surface area contributed by atoms with E-state index < -0.39 is 59.9 Å². The largest absolute Gasteiger partial charge is 0.488 e. The number of carboxylic acid groups (broad SMARTS) is 3. The third-order valence-electron chi connectivity index (χ3n) is 24.0. The Morgan fingerprint density at radius 1 is 0.409 bits per heavy atom. The molecule has 16 rings (SSSR count). The van der Waals surface area contributed by atoms with Gasteiger partial charge < -0.3 is 63.5 Å². The first-order valence-corrected chi connectivity index (χ1v) is 40.5. The van der Waals surface area contributed by atoms with E-state index in [4.69, 9.17) is 28.4 Å². The molecule has 4 fully saturated rings. The van der Waals surface area contributed by atoms with Crippen LogP contribution in [-0.4, -0.2) is 113 Å². The van der Waals surface area contributed by atoms with E-state index in [1.54, 1.807) is 0 Å². The molecule has 0 bridgehead atoms. The van der Waals surface area contributed by atoms with Crippen LogP contribution in [-0.2, 0) is 102 Å². The smallest absolute Gasteiger partial charge is 0.326 e. The van der Waals surface area contributed by atoms with Crippen LogP contribution in [0.15, 0.2) is 218 Å². The van der Waals surface area contributed by atoms with Gasteiger partial charge in [-0.15, -0.1) is 0 Å². The summed E-state index contributed by atoms with van der Waals surface area (Å²) in [4.78, 5) is 84.3. The molecule has 7 aliphatic rings. The first kappa shape index (κ1) is 80.6. The SMILES string of the molecule is Cc1ccc2c(c1OCc1ccccc1)CC(C(=O)O)N(C(=O)C(OC1(C)CCCC1)c1ccccc1)C2.Cc1ccc2c(c1OCc1ccccc1)CC(C(=O)O)N(C(=O)C(OC1CCC(O)CC1)c1ccccc1)C2.Cc1ccc2c(c1OCc1ccccc1)CC(C(=O)O)N(C(=O)C(OC1CCC3CC31)c1ccccc1)C2. The molecule has 9 aromatic carbocycles. The predicted octanol–water partition coefficient (Wildman–Crippen LogP) is 16.4. The minimum atomic E-state index is -1.06. The van der Waals surface area contributed by atoms with Crippen LogP contribution in [0.25, 0.3) is 0 Å². The number of carbonyl (C=O) groups excluding carboxylic acids is 3. The molecule has 0 radical (unpaired) electrons. The number of benzene rings is 9. The standard InChI is InChI=1S/C32H35NO6.C32H33NO5.C32H35NO5/c1-21-12-13-24-19-33(28(32(36)37)18-27(24)29(21)38-20-22-8-4-2-5-9-22)31(35)30(23-10-6-3-7-11-23)39-26-16-14-25(34)15-17-26;1-20-12-13-24-18-33(27(32(35)36)17-26(24)29(20)37-19-21-8-4-2-5-9-21)31(34)30(22-10-6-3-7-11-22)38-28-15-14-23-16-25(23)28;1-22-15-16-25-20-33(27(31(35)36)19-26(25)28(22)37-21-23-11-5-3-6-12-23)30(34)29(24-13-7-4-8-14-24)38-32(2)17-9-10-18-32/h2-13,25-26,28,30,34H,14-20H2,1H3,(H,36,37);2-13,23,25,27-28,30H,14-19H2,1H3,(H,35,36);3-8,11-16,27,29H,9-10,17-21H2,1-2H3,(H,35,36). The first-order valence-electron chi connectivity index (χ1n) is 40.5. The molecule has 0 saturated heterocycles. The summed E-state index contributed by atoms with van der Waals surface area (Å²) >= 11 is 0. The van der Waals surface area contributed by atoms with E-state index in [1.807, 2.05) is 239 Å². The lowest BCUT2D eigenvalue weighted by Crippen LogP contribution is -2.51. The van der Waals surface area contributed by atoms with Gasteiger partial charge in [0.1, 0.15) is 55.2 Å². The number of carbonyl (C=O) groups is 6. The molecule has 9 atom stereocenters. The zero-order chi connectivity index (χ0) is 80.3. The van der Waals surface area contributed by atoms with Crippen LogP contribution in [0.3, 0.4) is 0 Å². The fourth-order valence-corrected chi connectivity index (χ4v) is 17.5. The zero-order valence-corrected chi connectivity index (χ0v) is 65.8. The number of fused-ring (bicyclic) bond motifs is 4. The van der Waals surface area contributed by atoms with Crippen LogP contribution in [0, 0.1) is 32.6 Å². The maximum absolute atomic E-state index is 14.1. The average Bonchev–Trinajstić information content (AvgIpc) is 1.76. The molecule has 9 aromatic rings. The van der Waals surface area contributed by atoms with Crippen LogP contribution < -0.4 is 14.2 Å². The van der Waals surface area contributed by atoms with Gasteiger partial charge in [-0.1, -0.05) is 231 Å². The summed E-state index contributed by atoms with van der Waals surface area (Å²) in [7, 11) is 0. The number of hydrogen-bond acceptors (Lipinski definition) is 13. The van der Waals surface area contributed by atoms with Crippen molar-refractivity contribution in [3.05, 3.63) is 302 Å². The summed E-state index contributed by atoms with van der Waals surface area (Å²) in [5.41, 5.74) is 13.0. The third-order valence-corrected chi connectivity index (χ3v) is 24.0. The van der Waals surface area contributed by atoms with Gasteiger partial charge in [-0.25, -0.2) is 14.4 Å². The highest BCUT2D eigenvalue weighted by molar-refractivity contribution is 5.90. The number of rotatable bonds is 24. The summed E-state index contributed by atoms with van der Waals surface area (Å²) in [6, 6.07) is 66.6. The number of aryl methyl sites for hydroxylation is 3. The lowest BCUT2D eigenvalue weighted by Gasteiger charge is -2.39. The molecule has 9 unspecified atom stereocenters. The van der Waals surface area contributed by atoms with Gasteiger partial charge in [0.2, 0.25) is 0 Å². The summed E-state index contributed by atoms with van der Waals surface area (Å²) in [6.07, 6.45) is 7.19. The number of aliphatic carboxylic acids is 3. The number of ether oxygens (including phenoxy) is 6. The Labute approximate surface area is 672 Å². The van der Waals surface area contributed by atoms with Gasteiger partial charge in [0, 0.05) is 55.6 Å². The quantitative estimate of drug-likeness (QED) is 0.0439. The first-order chi connectivity index (χ1) is 55.7. The molecule has 4 aliphatic carbocycles. The van der Waals surface area contributed by atoms with E-state index in [1.165, 1.54) is 21.1 Å². The highest BCUT2D eigenvalue weighted by atomic mass is 16.5.